The van der Waals surface area contributed by atoms with Gasteiger partial charge in [0.1, 0.15) is 0 Å². The SMILES string of the molecule is CCNC(=O)N1CCN(CCC(=O)N2CCNCC2)CC1. The zero-order valence-electron chi connectivity index (χ0n) is 12.9. The molecular weight excluding hydrogens is 270 g/mol. The van der Waals surface area contributed by atoms with E-state index in [1.54, 1.807) is 0 Å². The number of piperazine rings is 2. The van der Waals surface area contributed by atoms with Crippen molar-refractivity contribution in [2.75, 3.05) is 65.4 Å². The first-order valence-electron chi connectivity index (χ1n) is 7.94. The van der Waals surface area contributed by atoms with Crippen LogP contribution < -0.4 is 10.6 Å². The van der Waals surface area contributed by atoms with Crippen molar-refractivity contribution in [3.63, 3.8) is 0 Å². The van der Waals surface area contributed by atoms with E-state index < -0.39 is 0 Å². The zero-order valence-corrected chi connectivity index (χ0v) is 12.9. The van der Waals surface area contributed by atoms with Crippen LogP contribution in [0, 0.1) is 0 Å². The molecule has 2 aliphatic rings. The van der Waals surface area contributed by atoms with Crippen LogP contribution in [0.4, 0.5) is 4.79 Å². The molecule has 2 rings (SSSR count). The van der Waals surface area contributed by atoms with Gasteiger partial charge >= 0.3 is 6.03 Å². The monoisotopic (exact) mass is 297 g/mol. The molecular formula is C14H27N5O2. The molecule has 0 aromatic carbocycles. The lowest BCUT2D eigenvalue weighted by atomic mass is 10.2. The average molecular weight is 297 g/mol. The highest BCUT2D eigenvalue weighted by Crippen LogP contribution is 2.05. The summed E-state index contributed by atoms with van der Waals surface area (Å²) in [6.45, 7) is 10.0. The Hall–Kier alpha value is -1.34. The molecule has 2 heterocycles. The van der Waals surface area contributed by atoms with Crippen molar-refractivity contribution < 1.29 is 9.59 Å². The molecule has 0 aromatic heterocycles. The lowest BCUT2D eigenvalue weighted by Gasteiger charge is -2.35. The summed E-state index contributed by atoms with van der Waals surface area (Å²) < 4.78 is 0. The van der Waals surface area contributed by atoms with Gasteiger partial charge in [0.15, 0.2) is 0 Å². The molecule has 2 aliphatic heterocycles. The minimum absolute atomic E-state index is 0.0223. The van der Waals surface area contributed by atoms with E-state index >= 15 is 0 Å². The van der Waals surface area contributed by atoms with E-state index in [1.807, 2.05) is 16.7 Å². The van der Waals surface area contributed by atoms with Gasteiger partial charge in [-0.3, -0.25) is 9.69 Å². The molecule has 0 atom stereocenters. The Morgan fingerprint density at radius 2 is 1.67 bits per heavy atom. The first-order chi connectivity index (χ1) is 10.2. The summed E-state index contributed by atoms with van der Waals surface area (Å²) in [5, 5.41) is 6.08. The molecule has 3 amide bonds. The predicted octanol–water partition coefficient (Wildman–Crippen LogP) is -0.845. The van der Waals surface area contributed by atoms with Crippen molar-refractivity contribution in [2.45, 2.75) is 13.3 Å². The van der Waals surface area contributed by atoms with E-state index in [4.69, 9.17) is 0 Å². The van der Waals surface area contributed by atoms with Crippen LogP contribution in [0.25, 0.3) is 0 Å². The average Bonchev–Trinajstić information content (AvgIpc) is 2.54. The van der Waals surface area contributed by atoms with Gasteiger partial charge < -0.3 is 20.4 Å². The van der Waals surface area contributed by atoms with Gasteiger partial charge in [-0.25, -0.2) is 4.79 Å². The van der Waals surface area contributed by atoms with Crippen molar-refractivity contribution in [3.8, 4) is 0 Å². The highest BCUT2D eigenvalue weighted by Gasteiger charge is 2.22. The number of nitrogens with one attached hydrogen (secondary N) is 2. The third-order valence-corrected chi connectivity index (χ3v) is 4.10. The Labute approximate surface area is 126 Å². The van der Waals surface area contributed by atoms with Crippen LogP contribution in [-0.4, -0.2) is 92.1 Å². The maximum absolute atomic E-state index is 12.1. The van der Waals surface area contributed by atoms with Crippen LogP contribution in [0.15, 0.2) is 0 Å². The molecule has 2 saturated heterocycles. The van der Waals surface area contributed by atoms with E-state index in [-0.39, 0.29) is 11.9 Å². The first-order valence-corrected chi connectivity index (χ1v) is 7.94. The predicted molar refractivity (Wildman–Crippen MR) is 81.2 cm³/mol. The van der Waals surface area contributed by atoms with Crippen LogP contribution in [-0.2, 0) is 4.79 Å². The molecule has 0 unspecified atom stereocenters. The Balaban J connectivity index is 1.64. The van der Waals surface area contributed by atoms with E-state index in [0.717, 1.165) is 58.9 Å². The van der Waals surface area contributed by atoms with E-state index in [0.29, 0.717) is 13.0 Å². The van der Waals surface area contributed by atoms with E-state index in [2.05, 4.69) is 15.5 Å². The highest BCUT2D eigenvalue weighted by atomic mass is 16.2. The fourth-order valence-corrected chi connectivity index (χ4v) is 2.76. The van der Waals surface area contributed by atoms with E-state index in [9.17, 15) is 9.59 Å². The number of carbonyl (C=O) groups excluding carboxylic acids is 2. The Kier molecular flexibility index (Phi) is 6.25. The van der Waals surface area contributed by atoms with Crippen molar-refractivity contribution in [1.29, 1.82) is 0 Å². The maximum Gasteiger partial charge on any atom is 0.317 e. The van der Waals surface area contributed by atoms with Crippen molar-refractivity contribution in [1.82, 2.24) is 25.3 Å². The van der Waals surface area contributed by atoms with Gasteiger partial charge in [-0.15, -0.1) is 0 Å². The minimum atomic E-state index is 0.0223. The first kappa shape index (κ1) is 16.0. The quantitative estimate of drug-likeness (QED) is 0.710. The third kappa shape index (κ3) is 4.86. The molecule has 7 nitrogen and oxygen atoms in total. The molecule has 120 valence electrons. The molecule has 2 fully saturated rings. The second-order valence-electron chi connectivity index (χ2n) is 5.54. The lowest BCUT2D eigenvalue weighted by molar-refractivity contribution is -0.132. The van der Waals surface area contributed by atoms with Crippen LogP contribution in [0.5, 0.6) is 0 Å². The molecule has 0 radical (unpaired) electrons. The second-order valence-corrected chi connectivity index (χ2v) is 5.54. The normalized spacial score (nSPS) is 20.4. The van der Waals surface area contributed by atoms with Crippen molar-refractivity contribution >= 4 is 11.9 Å². The molecule has 0 bridgehead atoms. The van der Waals surface area contributed by atoms with E-state index in [1.165, 1.54) is 0 Å². The third-order valence-electron chi connectivity index (χ3n) is 4.10. The molecule has 0 aromatic rings. The highest BCUT2D eigenvalue weighted by molar-refractivity contribution is 5.76. The molecule has 0 spiro atoms. The Bertz CT molecular complexity index is 349. The summed E-state index contributed by atoms with van der Waals surface area (Å²) in [7, 11) is 0. The van der Waals surface area contributed by atoms with Crippen molar-refractivity contribution in [2.24, 2.45) is 0 Å². The second kappa shape index (κ2) is 8.19. The fraction of sp³-hybridized carbons (Fsp3) is 0.857. The van der Waals surface area contributed by atoms with Crippen LogP contribution in [0.2, 0.25) is 0 Å². The number of hydrogen-bond acceptors (Lipinski definition) is 4. The molecule has 2 N–H and O–H groups in total. The molecule has 21 heavy (non-hydrogen) atoms. The largest absolute Gasteiger partial charge is 0.340 e. The van der Waals surface area contributed by atoms with Gasteiger partial charge in [0.25, 0.3) is 0 Å². The number of carbonyl (C=O) groups is 2. The maximum atomic E-state index is 12.1. The summed E-state index contributed by atoms with van der Waals surface area (Å²) >= 11 is 0. The van der Waals surface area contributed by atoms with Crippen LogP contribution in [0.1, 0.15) is 13.3 Å². The van der Waals surface area contributed by atoms with Gasteiger partial charge in [-0.1, -0.05) is 0 Å². The fourth-order valence-electron chi connectivity index (χ4n) is 2.76. The number of nitrogens with zero attached hydrogens (tertiary/aromatic N) is 3. The Morgan fingerprint density at radius 1 is 1.00 bits per heavy atom. The summed E-state index contributed by atoms with van der Waals surface area (Å²) in [6.07, 6.45) is 0.584. The summed E-state index contributed by atoms with van der Waals surface area (Å²) in [6, 6.07) is 0.0223. The topological polar surface area (TPSA) is 67.9 Å². The van der Waals surface area contributed by atoms with Gasteiger partial charge in [-0.05, 0) is 6.92 Å². The lowest BCUT2D eigenvalue weighted by Crippen LogP contribution is -2.52. The van der Waals surface area contributed by atoms with Gasteiger partial charge in [0, 0.05) is 71.9 Å². The molecule has 0 saturated carbocycles. The standard InChI is InChI=1S/C14H27N5O2/c1-2-16-14(21)19-11-9-17(10-12-19)6-3-13(20)18-7-4-15-5-8-18/h15H,2-12H2,1H3,(H,16,21). The summed E-state index contributed by atoms with van der Waals surface area (Å²) in [4.78, 5) is 29.9. The van der Waals surface area contributed by atoms with Crippen LogP contribution in [0.3, 0.4) is 0 Å². The summed E-state index contributed by atoms with van der Waals surface area (Å²) in [5.74, 6) is 0.252. The van der Waals surface area contributed by atoms with Gasteiger partial charge in [0.2, 0.25) is 5.91 Å². The number of rotatable bonds is 4. The van der Waals surface area contributed by atoms with Gasteiger partial charge in [0.05, 0.1) is 0 Å². The van der Waals surface area contributed by atoms with Crippen molar-refractivity contribution in [3.05, 3.63) is 0 Å². The van der Waals surface area contributed by atoms with Crippen LogP contribution >= 0.6 is 0 Å². The number of amides is 3. The smallest absolute Gasteiger partial charge is 0.317 e. The minimum Gasteiger partial charge on any atom is -0.340 e. The summed E-state index contributed by atoms with van der Waals surface area (Å²) in [5.41, 5.74) is 0. The number of hydrogen-bond donors (Lipinski definition) is 2. The Morgan fingerprint density at radius 3 is 2.29 bits per heavy atom. The molecule has 0 aliphatic carbocycles. The zero-order chi connectivity index (χ0) is 15.1. The van der Waals surface area contributed by atoms with Gasteiger partial charge in [-0.2, -0.15) is 0 Å². The molecule has 7 heteroatoms. The number of urea groups is 1.